The van der Waals surface area contributed by atoms with Gasteiger partial charge in [0.25, 0.3) is 11.5 Å². The van der Waals surface area contributed by atoms with Gasteiger partial charge in [0, 0.05) is 10.7 Å². The molecular formula is C25H15ClFN3O2S. The van der Waals surface area contributed by atoms with Crippen molar-refractivity contribution in [3.63, 3.8) is 0 Å². The minimum absolute atomic E-state index is 0.173. The van der Waals surface area contributed by atoms with Gasteiger partial charge in [-0.15, -0.1) is 11.3 Å². The SMILES string of the molecule is N#C/C(C(=O)Nc1ccc(F)cc1)=c1\s/c(=C/c2ccccc2Cl)c(=O)n1-c1ccccc1. The third-order valence-electron chi connectivity index (χ3n) is 4.68. The summed E-state index contributed by atoms with van der Waals surface area (Å²) in [5, 5.41) is 12.9. The Morgan fingerprint density at radius 3 is 2.36 bits per heavy atom. The molecule has 0 spiro atoms. The van der Waals surface area contributed by atoms with Crippen LogP contribution in [0.2, 0.25) is 5.02 Å². The van der Waals surface area contributed by atoms with Crippen LogP contribution in [0.25, 0.3) is 17.3 Å². The summed E-state index contributed by atoms with van der Waals surface area (Å²) in [6.45, 7) is 0. The molecule has 0 aliphatic heterocycles. The molecule has 3 aromatic carbocycles. The van der Waals surface area contributed by atoms with Crippen molar-refractivity contribution in [2.45, 2.75) is 0 Å². The molecule has 0 aliphatic rings. The lowest BCUT2D eigenvalue weighted by Gasteiger charge is -2.05. The fourth-order valence-electron chi connectivity index (χ4n) is 3.12. The maximum atomic E-state index is 13.3. The van der Waals surface area contributed by atoms with E-state index in [0.29, 0.717) is 26.5 Å². The monoisotopic (exact) mass is 475 g/mol. The van der Waals surface area contributed by atoms with E-state index in [1.54, 1.807) is 60.7 Å². The second-order valence-electron chi connectivity index (χ2n) is 6.86. The molecule has 8 heteroatoms. The summed E-state index contributed by atoms with van der Waals surface area (Å²) >= 11 is 7.26. The van der Waals surface area contributed by atoms with Gasteiger partial charge >= 0.3 is 0 Å². The average Bonchev–Trinajstić information content (AvgIpc) is 3.13. The number of carbonyl (C=O) groups is 1. The number of para-hydroxylation sites is 1. The van der Waals surface area contributed by atoms with Gasteiger partial charge in [-0.1, -0.05) is 48.0 Å². The van der Waals surface area contributed by atoms with E-state index < -0.39 is 11.7 Å². The van der Waals surface area contributed by atoms with Crippen LogP contribution in [0.15, 0.2) is 83.7 Å². The molecule has 33 heavy (non-hydrogen) atoms. The first kappa shape index (κ1) is 22.2. The highest BCUT2D eigenvalue weighted by Gasteiger charge is 2.17. The number of rotatable bonds is 4. The fraction of sp³-hybridized carbons (Fsp3) is 0. The van der Waals surface area contributed by atoms with E-state index in [-0.39, 0.29) is 15.8 Å². The zero-order valence-corrected chi connectivity index (χ0v) is 18.5. The Hall–Kier alpha value is -3.99. The first-order valence-corrected chi connectivity index (χ1v) is 10.9. The normalized spacial score (nSPS) is 12.2. The average molecular weight is 476 g/mol. The smallest absolute Gasteiger partial charge is 0.273 e. The van der Waals surface area contributed by atoms with Gasteiger partial charge in [-0.05, 0) is 54.1 Å². The van der Waals surface area contributed by atoms with Crippen LogP contribution >= 0.6 is 22.9 Å². The largest absolute Gasteiger partial charge is 0.321 e. The Morgan fingerprint density at radius 1 is 1.03 bits per heavy atom. The number of nitriles is 1. The Balaban J connectivity index is 1.95. The molecule has 1 N–H and O–H groups in total. The number of nitrogens with one attached hydrogen (secondary N) is 1. The zero-order chi connectivity index (χ0) is 23.4. The quantitative estimate of drug-likeness (QED) is 0.487. The van der Waals surface area contributed by atoms with Crippen molar-refractivity contribution >= 4 is 46.2 Å². The molecule has 0 saturated heterocycles. The molecule has 1 aromatic heterocycles. The first-order chi connectivity index (χ1) is 16.0. The molecule has 4 rings (SSSR count). The van der Waals surface area contributed by atoms with E-state index in [0.717, 1.165) is 11.3 Å². The minimum atomic E-state index is -0.709. The molecule has 1 amide bonds. The van der Waals surface area contributed by atoms with Crippen molar-refractivity contribution in [3.05, 3.63) is 115 Å². The number of anilines is 1. The Kier molecular flexibility index (Phi) is 6.50. The van der Waals surface area contributed by atoms with Crippen molar-refractivity contribution < 1.29 is 9.18 Å². The molecule has 1 heterocycles. The van der Waals surface area contributed by atoms with Crippen molar-refractivity contribution in [1.82, 2.24) is 4.57 Å². The minimum Gasteiger partial charge on any atom is -0.321 e. The molecule has 0 atom stereocenters. The van der Waals surface area contributed by atoms with Crippen molar-refractivity contribution in [2.75, 3.05) is 5.32 Å². The summed E-state index contributed by atoms with van der Waals surface area (Å²) in [4.78, 5) is 26.3. The number of hydrogen-bond acceptors (Lipinski definition) is 4. The van der Waals surface area contributed by atoms with Gasteiger partial charge in [-0.2, -0.15) is 5.26 Å². The molecule has 4 aromatic rings. The van der Waals surface area contributed by atoms with E-state index in [9.17, 15) is 19.2 Å². The molecule has 0 aliphatic carbocycles. The van der Waals surface area contributed by atoms with Gasteiger partial charge in [0.05, 0.1) is 10.2 Å². The van der Waals surface area contributed by atoms with Gasteiger partial charge < -0.3 is 5.32 Å². The van der Waals surface area contributed by atoms with Crippen LogP contribution in [-0.4, -0.2) is 10.5 Å². The molecule has 0 unspecified atom stereocenters. The predicted molar refractivity (Wildman–Crippen MR) is 128 cm³/mol. The van der Waals surface area contributed by atoms with Gasteiger partial charge in [-0.25, -0.2) is 4.39 Å². The van der Waals surface area contributed by atoms with E-state index in [1.807, 2.05) is 6.07 Å². The van der Waals surface area contributed by atoms with Gasteiger partial charge in [0.15, 0.2) is 5.57 Å². The second kappa shape index (κ2) is 9.65. The lowest BCUT2D eigenvalue weighted by Crippen LogP contribution is -2.32. The standard InChI is InChI=1S/C25H15ClFN3O2S/c26-21-9-5-4-6-16(21)14-22-24(32)30(19-7-2-1-3-8-19)25(33-22)20(15-28)23(31)29-18-12-10-17(27)11-13-18/h1-14H,(H,29,31)/b22-14+,25-20+. The lowest BCUT2D eigenvalue weighted by atomic mass is 10.2. The maximum Gasteiger partial charge on any atom is 0.273 e. The number of carbonyl (C=O) groups excluding carboxylic acids is 1. The molecular weight excluding hydrogens is 461 g/mol. The van der Waals surface area contributed by atoms with Crippen LogP contribution in [0.1, 0.15) is 5.56 Å². The van der Waals surface area contributed by atoms with E-state index in [4.69, 9.17) is 11.6 Å². The van der Waals surface area contributed by atoms with Crippen LogP contribution in [0.4, 0.5) is 10.1 Å². The number of aromatic nitrogens is 1. The number of thiazole rings is 1. The zero-order valence-electron chi connectivity index (χ0n) is 17.0. The van der Waals surface area contributed by atoms with Crippen LogP contribution < -0.4 is 20.1 Å². The topological polar surface area (TPSA) is 74.9 Å². The Labute approximate surface area is 196 Å². The molecule has 0 fully saturated rings. The number of nitrogens with zero attached hydrogens (tertiary/aromatic N) is 2. The summed E-state index contributed by atoms with van der Waals surface area (Å²) in [5.41, 5.74) is 0.836. The molecule has 5 nitrogen and oxygen atoms in total. The molecule has 0 saturated carbocycles. The number of hydrogen-bond donors (Lipinski definition) is 1. The molecule has 0 bridgehead atoms. The summed E-state index contributed by atoms with van der Waals surface area (Å²) in [6.07, 6.45) is 1.63. The lowest BCUT2D eigenvalue weighted by molar-refractivity contribution is -0.111. The number of amides is 1. The van der Waals surface area contributed by atoms with Crippen LogP contribution in [0.3, 0.4) is 0 Å². The van der Waals surface area contributed by atoms with Gasteiger partial charge in [0.1, 0.15) is 16.5 Å². The fourth-order valence-corrected chi connectivity index (χ4v) is 4.40. The van der Waals surface area contributed by atoms with Crippen LogP contribution in [-0.2, 0) is 4.79 Å². The molecule has 162 valence electrons. The van der Waals surface area contributed by atoms with Gasteiger partial charge in [-0.3, -0.25) is 14.2 Å². The van der Waals surface area contributed by atoms with E-state index in [1.165, 1.54) is 28.8 Å². The third kappa shape index (κ3) is 4.77. The van der Waals surface area contributed by atoms with Crippen molar-refractivity contribution in [2.24, 2.45) is 0 Å². The van der Waals surface area contributed by atoms with Crippen LogP contribution in [0, 0.1) is 17.1 Å². The summed E-state index contributed by atoms with van der Waals surface area (Å²) in [7, 11) is 0. The van der Waals surface area contributed by atoms with E-state index in [2.05, 4.69) is 5.32 Å². The third-order valence-corrected chi connectivity index (χ3v) is 6.12. The number of benzene rings is 3. The highest BCUT2D eigenvalue weighted by atomic mass is 35.5. The maximum absolute atomic E-state index is 13.3. The van der Waals surface area contributed by atoms with Gasteiger partial charge in [0.2, 0.25) is 0 Å². The first-order valence-electron chi connectivity index (χ1n) is 9.73. The van der Waals surface area contributed by atoms with Crippen molar-refractivity contribution in [3.8, 4) is 11.8 Å². The number of halogens is 2. The Bertz CT molecular complexity index is 1550. The van der Waals surface area contributed by atoms with Crippen LogP contribution in [0.5, 0.6) is 0 Å². The highest BCUT2D eigenvalue weighted by molar-refractivity contribution is 7.07. The second-order valence-corrected chi connectivity index (χ2v) is 8.30. The predicted octanol–water partition coefficient (Wildman–Crippen LogP) is 3.83. The highest BCUT2D eigenvalue weighted by Crippen LogP contribution is 2.15. The summed E-state index contributed by atoms with van der Waals surface area (Å²) in [6, 6.07) is 22.9. The Morgan fingerprint density at radius 2 is 1.70 bits per heavy atom. The van der Waals surface area contributed by atoms with Crippen molar-refractivity contribution in [1.29, 1.82) is 5.26 Å². The molecule has 0 radical (unpaired) electrons. The van der Waals surface area contributed by atoms with E-state index >= 15 is 0 Å². The summed E-state index contributed by atoms with van der Waals surface area (Å²) < 4.78 is 15.0. The summed E-state index contributed by atoms with van der Waals surface area (Å²) in [5.74, 6) is -1.16.